The summed E-state index contributed by atoms with van der Waals surface area (Å²) in [6, 6.07) is 7.42. The van der Waals surface area contributed by atoms with Crippen LogP contribution in [0.15, 0.2) is 34.2 Å². The summed E-state index contributed by atoms with van der Waals surface area (Å²) < 4.78 is 2.92. The van der Waals surface area contributed by atoms with Crippen LogP contribution in [0, 0.1) is 0 Å². The Kier molecular flexibility index (Phi) is 2.53. The molecule has 0 fully saturated rings. The molecule has 0 aliphatic rings. The number of fused-ring (bicyclic) bond motifs is 1. The average Bonchev–Trinajstić information content (AvgIpc) is 2.93. The van der Waals surface area contributed by atoms with Crippen LogP contribution in [0.5, 0.6) is 0 Å². The third-order valence-electron chi connectivity index (χ3n) is 2.36. The third-order valence-corrected chi connectivity index (χ3v) is 3.98. The summed E-state index contributed by atoms with van der Waals surface area (Å²) in [5.74, 6) is 0.785. The molecule has 0 bridgehead atoms. The molecule has 3 aromatic heterocycles. The van der Waals surface area contributed by atoms with Crippen LogP contribution in [0.25, 0.3) is 16.3 Å². The lowest BCUT2D eigenvalue weighted by Crippen LogP contribution is -1.89. The molecular weight excluding hydrogens is 302 g/mol. The molecule has 3 heterocycles. The van der Waals surface area contributed by atoms with Crippen LogP contribution in [0.3, 0.4) is 0 Å². The van der Waals surface area contributed by atoms with E-state index in [-0.39, 0.29) is 0 Å². The topological polar surface area (TPSA) is 47.3 Å². The van der Waals surface area contributed by atoms with Crippen LogP contribution >= 0.6 is 27.3 Å². The fourth-order valence-corrected chi connectivity index (χ4v) is 2.95. The summed E-state index contributed by atoms with van der Waals surface area (Å²) in [4.78, 5) is 11.7. The first kappa shape index (κ1) is 10.6. The zero-order valence-electron chi connectivity index (χ0n) is 8.50. The van der Waals surface area contributed by atoms with E-state index in [1.165, 1.54) is 0 Å². The SMILES string of the molecule is O=Cc1ccn2c(-c3ccc(Br)s3)nnc2c1. The van der Waals surface area contributed by atoms with Crippen molar-refractivity contribution in [1.82, 2.24) is 14.6 Å². The maximum atomic E-state index is 10.7. The number of nitrogens with zero attached hydrogens (tertiary/aromatic N) is 3. The monoisotopic (exact) mass is 307 g/mol. The van der Waals surface area contributed by atoms with Crippen molar-refractivity contribution in [3.8, 4) is 10.7 Å². The van der Waals surface area contributed by atoms with Gasteiger partial charge in [-0.05, 0) is 40.2 Å². The van der Waals surface area contributed by atoms with Gasteiger partial charge in [0.2, 0.25) is 0 Å². The number of pyridine rings is 1. The Morgan fingerprint density at radius 2 is 2.18 bits per heavy atom. The number of halogens is 1. The van der Waals surface area contributed by atoms with Crippen molar-refractivity contribution in [1.29, 1.82) is 0 Å². The van der Waals surface area contributed by atoms with Crippen molar-refractivity contribution < 1.29 is 4.79 Å². The molecule has 0 saturated carbocycles. The van der Waals surface area contributed by atoms with Crippen LogP contribution < -0.4 is 0 Å². The minimum Gasteiger partial charge on any atom is -0.298 e. The van der Waals surface area contributed by atoms with Gasteiger partial charge in [-0.1, -0.05) is 0 Å². The van der Waals surface area contributed by atoms with Crippen molar-refractivity contribution >= 4 is 39.2 Å². The van der Waals surface area contributed by atoms with Crippen LogP contribution in [-0.4, -0.2) is 20.9 Å². The number of thiophene rings is 1. The Labute approximate surface area is 109 Å². The Morgan fingerprint density at radius 3 is 2.88 bits per heavy atom. The van der Waals surface area contributed by atoms with Crippen LogP contribution in [-0.2, 0) is 0 Å². The predicted molar refractivity (Wildman–Crippen MR) is 69.4 cm³/mol. The maximum Gasteiger partial charge on any atom is 0.178 e. The first-order valence-corrected chi connectivity index (χ1v) is 6.44. The molecule has 0 radical (unpaired) electrons. The molecule has 3 aromatic rings. The van der Waals surface area contributed by atoms with Gasteiger partial charge >= 0.3 is 0 Å². The molecule has 0 spiro atoms. The van der Waals surface area contributed by atoms with Gasteiger partial charge in [-0.2, -0.15) is 0 Å². The molecule has 3 rings (SSSR count). The summed E-state index contributed by atoms with van der Waals surface area (Å²) in [5.41, 5.74) is 1.28. The number of carbonyl (C=O) groups excluding carboxylic acids is 1. The molecule has 0 aliphatic heterocycles. The van der Waals surface area contributed by atoms with Gasteiger partial charge < -0.3 is 0 Å². The van der Waals surface area contributed by atoms with Gasteiger partial charge in [-0.3, -0.25) is 9.20 Å². The molecule has 6 heteroatoms. The van der Waals surface area contributed by atoms with E-state index in [0.717, 1.165) is 20.8 Å². The second-order valence-corrected chi connectivity index (χ2v) is 5.90. The Bertz CT molecular complexity index is 704. The first-order valence-electron chi connectivity index (χ1n) is 4.83. The third kappa shape index (κ3) is 1.79. The van der Waals surface area contributed by atoms with Gasteiger partial charge in [-0.25, -0.2) is 0 Å². The van der Waals surface area contributed by atoms with E-state index < -0.39 is 0 Å². The van der Waals surface area contributed by atoms with E-state index in [0.29, 0.717) is 11.2 Å². The summed E-state index contributed by atoms with van der Waals surface area (Å²) in [5, 5.41) is 8.20. The molecule has 0 N–H and O–H groups in total. The summed E-state index contributed by atoms with van der Waals surface area (Å²) in [7, 11) is 0. The van der Waals surface area contributed by atoms with Gasteiger partial charge in [0, 0.05) is 11.8 Å². The highest BCUT2D eigenvalue weighted by Crippen LogP contribution is 2.30. The highest BCUT2D eigenvalue weighted by Gasteiger charge is 2.10. The Morgan fingerprint density at radius 1 is 1.29 bits per heavy atom. The maximum absolute atomic E-state index is 10.7. The lowest BCUT2D eigenvalue weighted by Gasteiger charge is -1.96. The van der Waals surface area contributed by atoms with E-state index in [1.807, 2.05) is 22.7 Å². The normalized spacial score (nSPS) is 10.9. The van der Waals surface area contributed by atoms with E-state index in [2.05, 4.69) is 26.1 Å². The predicted octanol–water partition coefficient (Wildman–Crippen LogP) is 3.03. The Hall–Kier alpha value is -1.53. The fourth-order valence-electron chi connectivity index (χ4n) is 1.58. The second-order valence-electron chi connectivity index (χ2n) is 3.43. The van der Waals surface area contributed by atoms with Crippen molar-refractivity contribution in [2.24, 2.45) is 0 Å². The largest absolute Gasteiger partial charge is 0.298 e. The number of hydrogen-bond acceptors (Lipinski definition) is 4. The molecule has 0 aliphatic carbocycles. The standard InChI is InChI=1S/C11H6BrN3OS/c12-9-2-1-8(17-9)11-14-13-10-5-7(6-16)3-4-15(10)11/h1-6H. The molecule has 0 amide bonds. The molecule has 84 valence electrons. The smallest absolute Gasteiger partial charge is 0.178 e. The van der Waals surface area contributed by atoms with Crippen LogP contribution in [0.2, 0.25) is 0 Å². The molecule has 0 atom stereocenters. The van der Waals surface area contributed by atoms with Gasteiger partial charge in [0.25, 0.3) is 0 Å². The van der Waals surface area contributed by atoms with Crippen molar-refractivity contribution in [2.75, 3.05) is 0 Å². The molecule has 4 nitrogen and oxygen atoms in total. The summed E-state index contributed by atoms with van der Waals surface area (Å²) in [6.07, 6.45) is 2.61. The quantitative estimate of drug-likeness (QED) is 0.684. The number of aromatic nitrogens is 3. The van der Waals surface area contributed by atoms with Gasteiger partial charge in [0.1, 0.15) is 6.29 Å². The minimum atomic E-state index is 0.601. The minimum absolute atomic E-state index is 0.601. The fraction of sp³-hybridized carbons (Fsp3) is 0. The molecule has 17 heavy (non-hydrogen) atoms. The van der Waals surface area contributed by atoms with Crippen molar-refractivity contribution in [3.63, 3.8) is 0 Å². The highest BCUT2D eigenvalue weighted by molar-refractivity contribution is 9.11. The lowest BCUT2D eigenvalue weighted by molar-refractivity contribution is 0.112. The average molecular weight is 308 g/mol. The molecule has 0 aromatic carbocycles. The van der Waals surface area contributed by atoms with Crippen molar-refractivity contribution in [2.45, 2.75) is 0 Å². The van der Waals surface area contributed by atoms with Gasteiger partial charge in [-0.15, -0.1) is 21.5 Å². The number of aldehydes is 1. The molecular formula is C11H6BrN3OS. The van der Waals surface area contributed by atoms with E-state index in [4.69, 9.17) is 0 Å². The highest BCUT2D eigenvalue weighted by atomic mass is 79.9. The second kappa shape index (κ2) is 4.05. The van der Waals surface area contributed by atoms with Crippen LogP contribution in [0.1, 0.15) is 10.4 Å². The number of hydrogen-bond donors (Lipinski definition) is 0. The lowest BCUT2D eigenvalue weighted by atomic mass is 10.3. The Balaban J connectivity index is 2.21. The van der Waals surface area contributed by atoms with E-state index >= 15 is 0 Å². The summed E-state index contributed by atoms with van der Waals surface area (Å²) >= 11 is 5.01. The summed E-state index contributed by atoms with van der Waals surface area (Å²) in [6.45, 7) is 0. The number of rotatable bonds is 2. The van der Waals surface area contributed by atoms with Crippen LogP contribution in [0.4, 0.5) is 0 Å². The van der Waals surface area contributed by atoms with E-state index in [1.54, 1.807) is 23.5 Å². The first-order chi connectivity index (χ1) is 8.28. The zero-order valence-corrected chi connectivity index (χ0v) is 10.9. The zero-order chi connectivity index (χ0) is 11.8. The van der Waals surface area contributed by atoms with Gasteiger partial charge in [0.05, 0.1) is 8.66 Å². The van der Waals surface area contributed by atoms with Crippen molar-refractivity contribution in [3.05, 3.63) is 39.8 Å². The van der Waals surface area contributed by atoms with E-state index in [9.17, 15) is 4.79 Å². The number of carbonyl (C=O) groups is 1. The molecule has 0 unspecified atom stereocenters. The molecule has 0 saturated heterocycles. The van der Waals surface area contributed by atoms with Gasteiger partial charge in [0.15, 0.2) is 11.5 Å².